The molecule has 1 unspecified atom stereocenters. The summed E-state index contributed by atoms with van der Waals surface area (Å²) < 4.78 is 5.12. The fourth-order valence-electron chi connectivity index (χ4n) is 2.54. The second-order valence-corrected chi connectivity index (χ2v) is 5.80. The van der Waals surface area contributed by atoms with Crippen LogP contribution in [0, 0.1) is 13.8 Å². The van der Waals surface area contributed by atoms with Crippen molar-refractivity contribution < 1.29 is 9.32 Å². The highest BCUT2D eigenvalue weighted by Crippen LogP contribution is 2.22. The van der Waals surface area contributed by atoms with E-state index in [2.05, 4.69) is 15.5 Å². The topological polar surface area (TPSA) is 68.0 Å². The van der Waals surface area contributed by atoms with Crippen LogP contribution >= 0.6 is 0 Å². The number of carbonyl (C=O) groups excluding carboxylic acids is 1. The second-order valence-electron chi connectivity index (χ2n) is 5.80. The lowest BCUT2D eigenvalue weighted by molar-refractivity contribution is -0.121. The van der Waals surface area contributed by atoms with Gasteiger partial charge in [-0.3, -0.25) is 9.78 Å². The number of aryl methyl sites for hydroxylation is 2. The van der Waals surface area contributed by atoms with E-state index in [0.717, 1.165) is 16.8 Å². The van der Waals surface area contributed by atoms with E-state index in [4.69, 9.17) is 4.52 Å². The quantitative estimate of drug-likeness (QED) is 0.784. The maximum Gasteiger partial charge on any atom is 0.228 e. The van der Waals surface area contributed by atoms with Crippen molar-refractivity contribution in [2.75, 3.05) is 0 Å². The van der Waals surface area contributed by atoms with Crippen molar-refractivity contribution in [2.45, 2.75) is 26.3 Å². The smallest absolute Gasteiger partial charge is 0.228 e. The van der Waals surface area contributed by atoms with Crippen LogP contribution in [0.2, 0.25) is 0 Å². The Morgan fingerprint density at radius 3 is 2.38 bits per heavy atom. The van der Waals surface area contributed by atoms with Crippen LogP contribution in [-0.4, -0.2) is 16.0 Å². The minimum absolute atomic E-state index is 0.117. The number of hydrogen-bond donors (Lipinski definition) is 1. The number of nitrogens with one attached hydrogen (secondary N) is 1. The summed E-state index contributed by atoms with van der Waals surface area (Å²) >= 11 is 0. The van der Waals surface area contributed by atoms with Gasteiger partial charge in [0.15, 0.2) is 0 Å². The third kappa shape index (κ3) is 3.87. The van der Waals surface area contributed by atoms with Crippen LogP contribution in [0.4, 0.5) is 0 Å². The van der Waals surface area contributed by atoms with E-state index in [9.17, 15) is 4.79 Å². The molecule has 1 amide bonds. The summed E-state index contributed by atoms with van der Waals surface area (Å²) in [6, 6.07) is 13.5. The van der Waals surface area contributed by atoms with Crippen molar-refractivity contribution in [3.63, 3.8) is 0 Å². The molecule has 3 rings (SSSR count). The lowest BCUT2D eigenvalue weighted by atomic mass is 9.98. The van der Waals surface area contributed by atoms with Crippen LogP contribution in [0.1, 0.15) is 34.2 Å². The largest absolute Gasteiger partial charge is 0.361 e. The molecule has 5 nitrogen and oxygen atoms in total. The first-order valence-electron chi connectivity index (χ1n) is 7.80. The van der Waals surface area contributed by atoms with Crippen LogP contribution in [0.5, 0.6) is 0 Å². The van der Waals surface area contributed by atoms with E-state index in [1.807, 2.05) is 50.2 Å². The van der Waals surface area contributed by atoms with E-state index in [1.54, 1.807) is 18.5 Å². The first kappa shape index (κ1) is 15.9. The first-order valence-corrected chi connectivity index (χ1v) is 7.80. The summed E-state index contributed by atoms with van der Waals surface area (Å²) in [5, 5.41) is 6.88. The lowest BCUT2D eigenvalue weighted by Crippen LogP contribution is -2.30. The van der Waals surface area contributed by atoms with Crippen molar-refractivity contribution >= 4 is 5.91 Å². The third-order valence-corrected chi connectivity index (χ3v) is 3.77. The fourth-order valence-corrected chi connectivity index (χ4v) is 2.54. The highest BCUT2D eigenvalue weighted by Gasteiger charge is 2.18. The SMILES string of the molecule is Cc1ccc(C(NC(=O)Cc2cc(C)no2)c2ccncc2)cc1. The molecule has 0 bridgehead atoms. The summed E-state index contributed by atoms with van der Waals surface area (Å²) in [4.78, 5) is 16.5. The van der Waals surface area contributed by atoms with E-state index in [-0.39, 0.29) is 18.4 Å². The summed E-state index contributed by atoms with van der Waals surface area (Å²) in [5.41, 5.74) is 3.95. The molecule has 0 aliphatic carbocycles. The highest BCUT2D eigenvalue weighted by molar-refractivity contribution is 5.79. The van der Waals surface area contributed by atoms with Crippen molar-refractivity contribution in [2.24, 2.45) is 0 Å². The van der Waals surface area contributed by atoms with Crippen molar-refractivity contribution in [3.8, 4) is 0 Å². The zero-order chi connectivity index (χ0) is 16.9. The van der Waals surface area contributed by atoms with Gasteiger partial charge in [-0.2, -0.15) is 0 Å². The van der Waals surface area contributed by atoms with E-state index >= 15 is 0 Å². The third-order valence-electron chi connectivity index (χ3n) is 3.77. The molecular weight excluding hydrogens is 302 g/mol. The maximum atomic E-state index is 12.4. The van der Waals surface area contributed by atoms with Gasteiger partial charge in [0.2, 0.25) is 5.91 Å². The molecule has 0 aliphatic heterocycles. The monoisotopic (exact) mass is 321 g/mol. The average Bonchev–Trinajstić information content (AvgIpc) is 2.99. The summed E-state index contributed by atoms with van der Waals surface area (Å²) in [5.74, 6) is 0.441. The molecule has 122 valence electrons. The van der Waals surface area contributed by atoms with Crippen molar-refractivity contribution in [1.82, 2.24) is 15.5 Å². The number of pyridine rings is 1. The number of nitrogens with zero attached hydrogens (tertiary/aromatic N) is 2. The molecule has 0 radical (unpaired) electrons. The normalized spacial score (nSPS) is 11.9. The molecule has 0 saturated heterocycles. The Kier molecular flexibility index (Phi) is 4.70. The Morgan fingerprint density at radius 2 is 1.75 bits per heavy atom. The van der Waals surface area contributed by atoms with Gasteiger partial charge in [0.1, 0.15) is 5.76 Å². The highest BCUT2D eigenvalue weighted by atomic mass is 16.5. The molecule has 0 fully saturated rings. The van der Waals surface area contributed by atoms with Gasteiger partial charge in [0.25, 0.3) is 0 Å². The summed E-state index contributed by atoms with van der Waals surface area (Å²) in [6.07, 6.45) is 3.61. The van der Waals surface area contributed by atoms with Crippen molar-refractivity contribution in [1.29, 1.82) is 0 Å². The number of hydrogen-bond acceptors (Lipinski definition) is 4. The molecule has 0 spiro atoms. The molecule has 2 aromatic heterocycles. The average molecular weight is 321 g/mol. The van der Waals surface area contributed by atoms with Crippen LogP contribution in [0.25, 0.3) is 0 Å². The van der Waals surface area contributed by atoms with E-state index in [0.29, 0.717) is 5.76 Å². The Bertz CT molecular complexity index is 810. The predicted molar refractivity (Wildman–Crippen MR) is 90.3 cm³/mol. The van der Waals surface area contributed by atoms with Gasteiger partial charge >= 0.3 is 0 Å². The van der Waals surface area contributed by atoms with Crippen LogP contribution < -0.4 is 5.32 Å². The zero-order valence-electron chi connectivity index (χ0n) is 13.7. The molecule has 0 aliphatic rings. The molecule has 24 heavy (non-hydrogen) atoms. The Labute approximate surface area is 140 Å². The molecule has 1 atom stereocenters. The lowest BCUT2D eigenvalue weighted by Gasteiger charge is -2.19. The van der Waals surface area contributed by atoms with Gasteiger partial charge in [0.05, 0.1) is 18.2 Å². The van der Waals surface area contributed by atoms with Gasteiger partial charge in [0, 0.05) is 18.5 Å². The molecule has 2 heterocycles. The second kappa shape index (κ2) is 7.08. The number of aromatic nitrogens is 2. The molecule has 1 N–H and O–H groups in total. The first-order chi connectivity index (χ1) is 11.6. The van der Waals surface area contributed by atoms with Gasteiger partial charge in [-0.05, 0) is 37.1 Å². The van der Waals surface area contributed by atoms with Gasteiger partial charge in [-0.25, -0.2) is 0 Å². The van der Waals surface area contributed by atoms with Gasteiger partial charge < -0.3 is 9.84 Å². The minimum Gasteiger partial charge on any atom is -0.361 e. The minimum atomic E-state index is -0.231. The zero-order valence-corrected chi connectivity index (χ0v) is 13.7. The molecular formula is C19H19N3O2. The van der Waals surface area contributed by atoms with E-state index in [1.165, 1.54) is 5.56 Å². The van der Waals surface area contributed by atoms with E-state index < -0.39 is 0 Å². The molecule has 0 saturated carbocycles. The molecule has 5 heteroatoms. The Hall–Kier alpha value is -2.95. The fraction of sp³-hybridized carbons (Fsp3) is 0.211. The van der Waals surface area contributed by atoms with Crippen LogP contribution in [0.3, 0.4) is 0 Å². The number of benzene rings is 1. The van der Waals surface area contributed by atoms with Crippen LogP contribution in [0.15, 0.2) is 59.4 Å². The van der Waals surface area contributed by atoms with Gasteiger partial charge in [-0.15, -0.1) is 0 Å². The van der Waals surface area contributed by atoms with Crippen LogP contribution in [-0.2, 0) is 11.2 Å². The standard InChI is InChI=1S/C19H19N3O2/c1-13-3-5-15(6-4-13)19(16-7-9-20-10-8-16)21-18(23)12-17-11-14(2)22-24-17/h3-11,19H,12H2,1-2H3,(H,21,23). The molecule has 3 aromatic rings. The summed E-state index contributed by atoms with van der Waals surface area (Å²) in [6.45, 7) is 3.87. The van der Waals surface area contributed by atoms with Crippen molar-refractivity contribution in [3.05, 3.63) is 83.0 Å². The molecule has 1 aromatic carbocycles. The Morgan fingerprint density at radius 1 is 1.08 bits per heavy atom. The van der Waals surface area contributed by atoms with Gasteiger partial charge in [-0.1, -0.05) is 35.0 Å². The Balaban J connectivity index is 1.82. The predicted octanol–water partition coefficient (Wildman–Crippen LogP) is 3.13. The maximum absolute atomic E-state index is 12.4. The number of rotatable bonds is 5. The summed E-state index contributed by atoms with van der Waals surface area (Å²) in [7, 11) is 0. The number of amides is 1. The number of carbonyl (C=O) groups is 1.